The molecule has 132 valence electrons. The number of aryl methyl sites for hydroxylation is 1. The third kappa shape index (κ3) is 3.48. The summed E-state index contributed by atoms with van der Waals surface area (Å²) in [6.07, 6.45) is 1.26. The van der Waals surface area contributed by atoms with Crippen molar-refractivity contribution in [3.8, 4) is 5.69 Å². The Morgan fingerprint density at radius 2 is 1.85 bits per heavy atom. The molecule has 0 spiro atoms. The Bertz CT molecular complexity index is 1050. The fourth-order valence-corrected chi connectivity index (χ4v) is 2.55. The van der Waals surface area contributed by atoms with Gasteiger partial charge in [-0.3, -0.25) is 9.59 Å². The number of anilines is 1. The van der Waals surface area contributed by atoms with E-state index >= 15 is 0 Å². The van der Waals surface area contributed by atoms with Gasteiger partial charge in [0.05, 0.1) is 16.4 Å². The first-order valence-corrected chi connectivity index (χ1v) is 7.86. The summed E-state index contributed by atoms with van der Waals surface area (Å²) in [5.74, 6) is -1.77. The molecule has 2 aromatic carbocycles. The topological polar surface area (TPSA) is 64.0 Å². The standard InChI is InChI=1S/C18H12ClF2N3O2/c1-10-8-14(19)16(9-15(10)21)23-17(25)13-6-7-22-24(18(13)26)12-4-2-11(20)3-5-12/h2-9H,1H3,(H,23,25). The smallest absolute Gasteiger partial charge is 0.284 e. The SMILES string of the molecule is Cc1cc(Cl)c(NC(=O)c2ccnn(-c3ccc(F)cc3)c2=O)cc1F. The highest BCUT2D eigenvalue weighted by atomic mass is 35.5. The van der Waals surface area contributed by atoms with Crippen LogP contribution < -0.4 is 10.9 Å². The molecule has 0 aliphatic carbocycles. The van der Waals surface area contributed by atoms with E-state index in [0.29, 0.717) is 11.3 Å². The van der Waals surface area contributed by atoms with E-state index in [1.54, 1.807) is 0 Å². The molecule has 1 aromatic heterocycles. The highest BCUT2D eigenvalue weighted by Gasteiger charge is 2.16. The van der Waals surface area contributed by atoms with Crippen LogP contribution in [0.5, 0.6) is 0 Å². The van der Waals surface area contributed by atoms with Crippen LogP contribution in [0.1, 0.15) is 15.9 Å². The minimum atomic E-state index is -0.765. The van der Waals surface area contributed by atoms with E-state index in [4.69, 9.17) is 11.6 Å². The molecule has 0 aliphatic heterocycles. The summed E-state index contributed by atoms with van der Waals surface area (Å²) in [6, 6.07) is 8.74. The summed E-state index contributed by atoms with van der Waals surface area (Å²) in [5.41, 5.74) is -0.257. The van der Waals surface area contributed by atoms with Gasteiger partial charge in [0, 0.05) is 6.20 Å². The van der Waals surface area contributed by atoms with E-state index in [2.05, 4.69) is 10.4 Å². The number of hydrogen-bond donors (Lipinski definition) is 1. The maximum atomic E-state index is 13.7. The van der Waals surface area contributed by atoms with Crippen LogP contribution >= 0.6 is 11.6 Å². The quantitative estimate of drug-likeness (QED) is 0.758. The molecule has 0 atom stereocenters. The van der Waals surface area contributed by atoms with Crippen LogP contribution in [0.15, 0.2) is 53.5 Å². The predicted octanol–water partition coefficient (Wildman–Crippen LogP) is 3.72. The van der Waals surface area contributed by atoms with Gasteiger partial charge in [0.25, 0.3) is 11.5 Å². The lowest BCUT2D eigenvalue weighted by Gasteiger charge is -2.10. The Morgan fingerprint density at radius 3 is 2.54 bits per heavy atom. The van der Waals surface area contributed by atoms with Crippen molar-refractivity contribution in [2.75, 3.05) is 5.32 Å². The minimum Gasteiger partial charge on any atom is -0.320 e. The zero-order chi connectivity index (χ0) is 18.8. The lowest BCUT2D eigenvalue weighted by molar-refractivity contribution is 0.102. The Labute approximate surface area is 151 Å². The molecule has 1 amide bonds. The molecule has 0 radical (unpaired) electrons. The molecule has 0 saturated heterocycles. The van der Waals surface area contributed by atoms with Gasteiger partial charge < -0.3 is 5.32 Å². The molecule has 8 heteroatoms. The average molecular weight is 376 g/mol. The zero-order valence-corrected chi connectivity index (χ0v) is 14.2. The van der Waals surface area contributed by atoms with Crippen LogP contribution in [-0.2, 0) is 0 Å². The number of amides is 1. The molecule has 3 rings (SSSR count). The molecular weight excluding hydrogens is 364 g/mol. The minimum absolute atomic E-state index is 0.0457. The second kappa shape index (κ2) is 7.05. The third-order valence-corrected chi connectivity index (χ3v) is 3.97. The molecule has 0 unspecified atom stereocenters. The van der Waals surface area contributed by atoms with Gasteiger partial charge in [-0.25, -0.2) is 8.78 Å². The first-order valence-electron chi connectivity index (χ1n) is 7.48. The van der Waals surface area contributed by atoms with Crippen LogP contribution in [-0.4, -0.2) is 15.7 Å². The highest BCUT2D eigenvalue weighted by molar-refractivity contribution is 6.34. The van der Waals surface area contributed by atoms with Crippen molar-refractivity contribution in [2.45, 2.75) is 6.92 Å². The van der Waals surface area contributed by atoms with Crippen molar-refractivity contribution < 1.29 is 13.6 Å². The number of carbonyl (C=O) groups is 1. The maximum absolute atomic E-state index is 13.7. The maximum Gasteiger partial charge on any atom is 0.284 e. The first kappa shape index (κ1) is 17.8. The van der Waals surface area contributed by atoms with Crippen LogP contribution in [0.2, 0.25) is 5.02 Å². The largest absolute Gasteiger partial charge is 0.320 e. The normalized spacial score (nSPS) is 10.6. The number of halogens is 3. The van der Waals surface area contributed by atoms with E-state index in [-0.39, 0.29) is 16.3 Å². The Morgan fingerprint density at radius 1 is 1.15 bits per heavy atom. The lowest BCUT2D eigenvalue weighted by atomic mass is 10.2. The van der Waals surface area contributed by atoms with Crippen molar-refractivity contribution in [1.29, 1.82) is 0 Å². The van der Waals surface area contributed by atoms with E-state index in [9.17, 15) is 18.4 Å². The molecule has 26 heavy (non-hydrogen) atoms. The number of nitrogens with one attached hydrogen (secondary N) is 1. The third-order valence-electron chi connectivity index (χ3n) is 3.66. The van der Waals surface area contributed by atoms with Crippen LogP contribution in [0, 0.1) is 18.6 Å². The number of hydrogen-bond acceptors (Lipinski definition) is 3. The number of rotatable bonds is 3. The summed E-state index contributed by atoms with van der Waals surface area (Å²) in [6.45, 7) is 1.54. The Kier molecular flexibility index (Phi) is 4.81. The molecule has 3 aromatic rings. The molecule has 1 heterocycles. The fourth-order valence-electron chi connectivity index (χ4n) is 2.28. The van der Waals surface area contributed by atoms with Crippen LogP contribution in [0.4, 0.5) is 14.5 Å². The zero-order valence-electron chi connectivity index (χ0n) is 13.5. The van der Waals surface area contributed by atoms with Crippen LogP contribution in [0.3, 0.4) is 0 Å². The Balaban J connectivity index is 1.96. The summed E-state index contributed by atoms with van der Waals surface area (Å²) in [4.78, 5) is 25.0. The van der Waals surface area contributed by atoms with Crippen LogP contribution in [0.25, 0.3) is 5.69 Å². The molecule has 0 fully saturated rings. The number of benzene rings is 2. The predicted molar refractivity (Wildman–Crippen MR) is 93.9 cm³/mol. The number of aromatic nitrogens is 2. The molecule has 0 bridgehead atoms. The monoisotopic (exact) mass is 375 g/mol. The highest BCUT2D eigenvalue weighted by Crippen LogP contribution is 2.25. The summed E-state index contributed by atoms with van der Waals surface area (Å²) >= 11 is 6.00. The van der Waals surface area contributed by atoms with Gasteiger partial charge in [0.2, 0.25) is 0 Å². The average Bonchev–Trinajstić information content (AvgIpc) is 2.60. The van der Waals surface area contributed by atoms with E-state index < -0.39 is 23.1 Å². The van der Waals surface area contributed by atoms with Gasteiger partial charge in [-0.1, -0.05) is 11.6 Å². The number of nitrogens with zero attached hydrogens (tertiary/aromatic N) is 2. The summed E-state index contributed by atoms with van der Waals surface area (Å²) < 4.78 is 27.7. The number of carbonyl (C=O) groups excluding carboxylic acids is 1. The van der Waals surface area contributed by atoms with Gasteiger partial charge in [-0.15, -0.1) is 0 Å². The van der Waals surface area contributed by atoms with E-state index in [1.807, 2.05) is 0 Å². The molecule has 0 saturated carbocycles. The molecule has 5 nitrogen and oxygen atoms in total. The molecule has 1 N–H and O–H groups in total. The van der Waals surface area contributed by atoms with Gasteiger partial charge in [0.1, 0.15) is 17.2 Å². The van der Waals surface area contributed by atoms with Crippen molar-refractivity contribution in [3.63, 3.8) is 0 Å². The lowest BCUT2D eigenvalue weighted by Crippen LogP contribution is -2.29. The second-order valence-corrected chi connectivity index (χ2v) is 5.88. The van der Waals surface area contributed by atoms with Gasteiger partial charge in [-0.05, 0) is 55.0 Å². The van der Waals surface area contributed by atoms with Gasteiger partial charge in [0.15, 0.2) is 0 Å². The Hall–Kier alpha value is -3.06. The fraction of sp³-hybridized carbons (Fsp3) is 0.0556. The van der Waals surface area contributed by atoms with Crippen molar-refractivity contribution in [2.24, 2.45) is 0 Å². The van der Waals surface area contributed by atoms with Crippen molar-refractivity contribution >= 4 is 23.2 Å². The van der Waals surface area contributed by atoms with Crippen molar-refractivity contribution in [3.05, 3.63) is 86.8 Å². The second-order valence-electron chi connectivity index (χ2n) is 5.47. The summed E-state index contributed by atoms with van der Waals surface area (Å²) in [5, 5.41) is 6.44. The van der Waals surface area contributed by atoms with E-state index in [0.717, 1.165) is 10.7 Å². The van der Waals surface area contributed by atoms with Gasteiger partial charge >= 0.3 is 0 Å². The summed E-state index contributed by atoms with van der Waals surface area (Å²) in [7, 11) is 0. The van der Waals surface area contributed by atoms with Gasteiger partial charge in [-0.2, -0.15) is 9.78 Å². The molecular formula is C18H12ClF2N3O2. The van der Waals surface area contributed by atoms with Crippen molar-refractivity contribution in [1.82, 2.24) is 9.78 Å². The molecule has 0 aliphatic rings. The van der Waals surface area contributed by atoms with E-state index in [1.165, 1.54) is 49.5 Å². The first-order chi connectivity index (χ1) is 12.4.